The third-order valence-electron chi connectivity index (χ3n) is 4.21. The van der Waals surface area contributed by atoms with Gasteiger partial charge in [0, 0.05) is 19.2 Å². The number of aliphatic imine (C=N–C) groups is 1. The number of halogens is 1. The number of aryl methyl sites for hydroxylation is 1. The topological polar surface area (TPSA) is 87.2 Å². The fourth-order valence-electron chi connectivity index (χ4n) is 2.63. The molecule has 0 aliphatic rings. The first-order valence-corrected chi connectivity index (χ1v) is 8.84. The van der Waals surface area contributed by atoms with Gasteiger partial charge in [0.1, 0.15) is 17.4 Å². The number of aromatic amines is 1. The van der Waals surface area contributed by atoms with E-state index < -0.39 is 0 Å². The van der Waals surface area contributed by atoms with Gasteiger partial charge in [0.15, 0.2) is 11.8 Å². The van der Waals surface area contributed by atoms with E-state index in [0.717, 1.165) is 16.9 Å². The van der Waals surface area contributed by atoms with Crippen molar-refractivity contribution < 1.29 is 9.13 Å². The lowest BCUT2D eigenvalue weighted by atomic mass is 10.1. The number of rotatable bonds is 6. The van der Waals surface area contributed by atoms with Crippen molar-refractivity contribution in [3.05, 3.63) is 65.2 Å². The van der Waals surface area contributed by atoms with Crippen LogP contribution in [0.1, 0.15) is 17.0 Å². The van der Waals surface area contributed by atoms with E-state index in [2.05, 4.69) is 30.8 Å². The van der Waals surface area contributed by atoms with Gasteiger partial charge < -0.3 is 15.4 Å². The average Bonchev–Trinajstić information content (AvgIpc) is 3.20. The molecule has 0 saturated heterocycles. The van der Waals surface area contributed by atoms with Crippen LogP contribution in [0.25, 0.3) is 11.4 Å². The first-order valence-electron chi connectivity index (χ1n) is 8.84. The molecule has 0 radical (unpaired) electrons. The molecule has 2 aromatic carbocycles. The molecule has 0 amide bonds. The van der Waals surface area contributed by atoms with Crippen LogP contribution in [0.15, 0.2) is 47.5 Å². The fraction of sp³-hybridized carbons (Fsp3) is 0.250. The number of hydrogen-bond acceptors (Lipinski definition) is 4. The second-order valence-electron chi connectivity index (χ2n) is 6.20. The van der Waals surface area contributed by atoms with Crippen molar-refractivity contribution in [2.24, 2.45) is 4.99 Å². The first kappa shape index (κ1) is 19.3. The normalized spacial score (nSPS) is 11.4. The Kier molecular flexibility index (Phi) is 6.21. The average molecular weight is 382 g/mol. The number of aromatic nitrogens is 3. The van der Waals surface area contributed by atoms with Gasteiger partial charge in [-0.15, -0.1) is 0 Å². The number of guanidine groups is 1. The molecule has 1 heterocycles. The molecule has 0 aliphatic heterocycles. The smallest absolute Gasteiger partial charge is 0.191 e. The minimum atomic E-state index is -0.204. The lowest BCUT2D eigenvalue weighted by molar-refractivity contribution is 0.415. The summed E-state index contributed by atoms with van der Waals surface area (Å²) < 4.78 is 18.5. The van der Waals surface area contributed by atoms with Crippen molar-refractivity contribution in [2.75, 3.05) is 14.2 Å². The molecule has 0 atom stereocenters. The summed E-state index contributed by atoms with van der Waals surface area (Å²) in [5, 5.41) is 13.5. The van der Waals surface area contributed by atoms with Crippen LogP contribution in [0.4, 0.5) is 4.39 Å². The summed E-state index contributed by atoms with van der Waals surface area (Å²) in [6, 6.07) is 12.6. The molecule has 0 saturated carbocycles. The van der Waals surface area contributed by atoms with E-state index >= 15 is 0 Å². The molecule has 0 bridgehead atoms. The fourth-order valence-corrected chi connectivity index (χ4v) is 2.63. The molecular formula is C20H23FN6O. The Hall–Kier alpha value is -3.42. The lowest BCUT2D eigenvalue weighted by Crippen LogP contribution is -2.36. The van der Waals surface area contributed by atoms with Crippen LogP contribution in [-0.4, -0.2) is 35.3 Å². The van der Waals surface area contributed by atoms with Crippen LogP contribution in [0.3, 0.4) is 0 Å². The van der Waals surface area contributed by atoms with E-state index in [0.29, 0.717) is 36.3 Å². The highest BCUT2D eigenvalue weighted by Crippen LogP contribution is 2.18. The predicted molar refractivity (Wildman–Crippen MR) is 107 cm³/mol. The molecule has 8 heteroatoms. The zero-order chi connectivity index (χ0) is 19.9. The molecule has 146 valence electrons. The van der Waals surface area contributed by atoms with Gasteiger partial charge >= 0.3 is 0 Å². The van der Waals surface area contributed by atoms with Crippen LogP contribution in [0.2, 0.25) is 0 Å². The van der Waals surface area contributed by atoms with Gasteiger partial charge in [-0.05, 0) is 48.4 Å². The Labute approximate surface area is 163 Å². The second kappa shape index (κ2) is 8.98. The quantitative estimate of drug-likeness (QED) is 0.451. The number of H-pyrrole nitrogens is 1. The number of methoxy groups -OCH3 is 1. The van der Waals surface area contributed by atoms with Crippen LogP contribution in [0.5, 0.6) is 5.75 Å². The highest BCUT2D eigenvalue weighted by atomic mass is 19.1. The number of benzene rings is 2. The maximum atomic E-state index is 13.4. The monoisotopic (exact) mass is 382 g/mol. The third kappa shape index (κ3) is 4.85. The molecule has 7 nitrogen and oxygen atoms in total. The van der Waals surface area contributed by atoms with Crippen molar-refractivity contribution in [1.29, 1.82) is 0 Å². The SMILES string of the molecule is CN=C(NCc1ccc(F)c(C)c1)NCc1nc(-c2ccc(OC)cc2)n[nH]1. The second-order valence-corrected chi connectivity index (χ2v) is 6.20. The van der Waals surface area contributed by atoms with E-state index in [1.165, 1.54) is 6.07 Å². The van der Waals surface area contributed by atoms with Gasteiger partial charge in [-0.25, -0.2) is 9.37 Å². The summed E-state index contributed by atoms with van der Waals surface area (Å²) in [7, 11) is 3.32. The third-order valence-corrected chi connectivity index (χ3v) is 4.21. The van der Waals surface area contributed by atoms with E-state index in [4.69, 9.17) is 4.74 Å². The zero-order valence-electron chi connectivity index (χ0n) is 16.1. The molecule has 0 fully saturated rings. The van der Waals surface area contributed by atoms with Crippen molar-refractivity contribution in [2.45, 2.75) is 20.0 Å². The van der Waals surface area contributed by atoms with Crippen LogP contribution in [0, 0.1) is 12.7 Å². The molecule has 0 aliphatic carbocycles. The Morgan fingerprint density at radius 3 is 2.57 bits per heavy atom. The standard InChI is InChI=1S/C20H23FN6O/c1-13-10-14(4-9-17(13)21)11-23-20(22-2)24-12-18-25-19(27-26-18)15-5-7-16(28-3)8-6-15/h4-10H,11-12H2,1-3H3,(H2,22,23,24)(H,25,26,27). The van der Waals surface area contributed by atoms with Crippen molar-refractivity contribution >= 4 is 5.96 Å². The maximum Gasteiger partial charge on any atom is 0.191 e. The van der Waals surface area contributed by atoms with Gasteiger partial charge in [0.2, 0.25) is 0 Å². The van der Waals surface area contributed by atoms with Crippen molar-refractivity contribution in [1.82, 2.24) is 25.8 Å². The summed E-state index contributed by atoms with van der Waals surface area (Å²) in [4.78, 5) is 8.67. The van der Waals surface area contributed by atoms with Crippen molar-refractivity contribution in [3.63, 3.8) is 0 Å². The van der Waals surface area contributed by atoms with E-state index in [9.17, 15) is 4.39 Å². The van der Waals surface area contributed by atoms with Crippen molar-refractivity contribution in [3.8, 4) is 17.1 Å². The highest BCUT2D eigenvalue weighted by molar-refractivity contribution is 5.79. The molecule has 28 heavy (non-hydrogen) atoms. The minimum Gasteiger partial charge on any atom is -0.497 e. The Balaban J connectivity index is 1.55. The van der Waals surface area contributed by atoms with Gasteiger partial charge in [-0.3, -0.25) is 10.1 Å². The Morgan fingerprint density at radius 2 is 1.89 bits per heavy atom. The first-order chi connectivity index (χ1) is 13.6. The summed E-state index contributed by atoms with van der Waals surface area (Å²) in [5.41, 5.74) is 2.50. The molecule has 3 aromatic rings. The summed E-state index contributed by atoms with van der Waals surface area (Å²) in [5.74, 6) is 2.50. The van der Waals surface area contributed by atoms with Gasteiger partial charge in [0.05, 0.1) is 13.7 Å². The van der Waals surface area contributed by atoms with E-state index in [1.54, 1.807) is 27.1 Å². The molecule has 0 spiro atoms. The zero-order valence-corrected chi connectivity index (χ0v) is 16.1. The van der Waals surface area contributed by atoms with E-state index in [1.807, 2.05) is 30.3 Å². The Morgan fingerprint density at radius 1 is 1.14 bits per heavy atom. The Bertz CT molecular complexity index is 952. The van der Waals surface area contributed by atoms with Crippen LogP contribution in [-0.2, 0) is 13.1 Å². The number of nitrogens with zero attached hydrogens (tertiary/aromatic N) is 3. The number of hydrogen-bond donors (Lipinski definition) is 3. The summed E-state index contributed by atoms with van der Waals surface area (Å²) in [6.45, 7) is 2.72. The number of ether oxygens (including phenoxy) is 1. The molecule has 3 N–H and O–H groups in total. The largest absolute Gasteiger partial charge is 0.497 e. The lowest BCUT2D eigenvalue weighted by Gasteiger charge is -2.11. The predicted octanol–water partition coefficient (Wildman–Crippen LogP) is 2.79. The van der Waals surface area contributed by atoms with Crippen LogP contribution >= 0.6 is 0 Å². The number of nitrogens with one attached hydrogen (secondary N) is 3. The molecule has 0 unspecified atom stereocenters. The van der Waals surface area contributed by atoms with Gasteiger partial charge in [0.25, 0.3) is 0 Å². The van der Waals surface area contributed by atoms with E-state index in [-0.39, 0.29) is 5.82 Å². The highest BCUT2D eigenvalue weighted by Gasteiger charge is 2.07. The van der Waals surface area contributed by atoms with Gasteiger partial charge in [-0.2, -0.15) is 5.10 Å². The minimum absolute atomic E-state index is 0.204. The maximum absolute atomic E-state index is 13.4. The van der Waals surface area contributed by atoms with Crippen LogP contribution < -0.4 is 15.4 Å². The van der Waals surface area contributed by atoms with Gasteiger partial charge in [-0.1, -0.05) is 12.1 Å². The molecular weight excluding hydrogens is 359 g/mol. The summed E-state index contributed by atoms with van der Waals surface area (Å²) in [6.07, 6.45) is 0. The summed E-state index contributed by atoms with van der Waals surface area (Å²) >= 11 is 0. The molecule has 3 rings (SSSR count). The molecule has 1 aromatic heterocycles.